The van der Waals surface area contributed by atoms with Crippen molar-refractivity contribution in [2.45, 2.75) is 95.1 Å². The van der Waals surface area contributed by atoms with Crippen LogP contribution in [0.3, 0.4) is 0 Å². The maximum absolute atomic E-state index is 14.2. The number of ether oxygens (including phenoxy) is 2. The maximum Gasteiger partial charge on any atom is 0.264 e. The van der Waals surface area contributed by atoms with E-state index >= 15 is 0 Å². The molecule has 11 nitrogen and oxygen atoms in total. The smallest absolute Gasteiger partial charge is 0.264 e. The number of aryl methyl sites for hydroxylation is 1. The van der Waals surface area contributed by atoms with E-state index in [0.29, 0.717) is 49.5 Å². The number of nitrogens with one attached hydrogen (secondary N) is 1. The van der Waals surface area contributed by atoms with Crippen molar-refractivity contribution in [3.63, 3.8) is 0 Å². The second kappa shape index (κ2) is 13.5. The zero-order chi connectivity index (χ0) is 36.3. The molecule has 0 bridgehead atoms. The van der Waals surface area contributed by atoms with Gasteiger partial charge in [0.15, 0.2) is 0 Å². The van der Waals surface area contributed by atoms with Gasteiger partial charge in [0.1, 0.15) is 5.75 Å². The first-order chi connectivity index (χ1) is 25.0. The number of fused-ring (bicyclic) bond motifs is 5. The predicted octanol–water partition coefficient (Wildman–Crippen LogP) is 6.51. The van der Waals surface area contributed by atoms with Gasteiger partial charge in [0, 0.05) is 42.2 Å². The molecule has 52 heavy (non-hydrogen) atoms. The molecule has 1 N–H and O–H groups in total. The van der Waals surface area contributed by atoms with Crippen LogP contribution < -0.4 is 9.46 Å². The molecule has 2 aromatic heterocycles. The number of carbonyl (C=O) groups is 2. The number of methoxy groups -OCH3 is 1. The van der Waals surface area contributed by atoms with Crippen molar-refractivity contribution in [1.82, 2.24) is 24.0 Å². The molecule has 0 radical (unpaired) electrons. The summed E-state index contributed by atoms with van der Waals surface area (Å²) >= 11 is 0. The van der Waals surface area contributed by atoms with Crippen LogP contribution in [0.4, 0.5) is 0 Å². The number of aromatic nitrogens is 3. The van der Waals surface area contributed by atoms with Crippen molar-refractivity contribution < 1.29 is 27.5 Å². The van der Waals surface area contributed by atoms with Gasteiger partial charge in [0.2, 0.25) is 10.0 Å². The highest BCUT2D eigenvalue weighted by molar-refractivity contribution is 7.90. The van der Waals surface area contributed by atoms with E-state index in [0.717, 1.165) is 76.8 Å². The van der Waals surface area contributed by atoms with E-state index in [9.17, 15) is 18.0 Å². The predicted molar refractivity (Wildman–Crippen MR) is 201 cm³/mol. The first kappa shape index (κ1) is 34.7. The number of hydrogen-bond acceptors (Lipinski definition) is 7. The van der Waals surface area contributed by atoms with Crippen LogP contribution in [0.5, 0.6) is 5.75 Å². The van der Waals surface area contributed by atoms with Gasteiger partial charge >= 0.3 is 0 Å². The summed E-state index contributed by atoms with van der Waals surface area (Å²) in [5.74, 6) is 0.337. The number of carbonyl (C=O) groups excluding carboxylic acids is 2. The highest BCUT2D eigenvalue weighted by Crippen LogP contribution is 2.48. The Hall–Kier alpha value is -4.42. The van der Waals surface area contributed by atoms with Crippen molar-refractivity contribution in [3.8, 4) is 17.0 Å². The average molecular weight is 726 g/mol. The van der Waals surface area contributed by atoms with Crippen LogP contribution in [-0.2, 0) is 28.4 Å². The Morgan fingerprint density at radius 3 is 2.38 bits per heavy atom. The van der Waals surface area contributed by atoms with Crippen LogP contribution in [0.2, 0.25) is 0 Å². The minimum Gasteiger partial charge on any atom is -0.497 e. The number of morpholine rings is 1. The molecule has 0 unspecified atom stereocenters. The fourth-order valence-electron chi connectivity index (χ4n) is 8.77. The standard InChI is InChI=1S/C40H47N5O6S/c1-24-21-44(22-25(2)51-24)40(47)34-20-41-43(3)37(34)29-17-28-18-30(50-4)14-16-32(28)38-36(26-9-6-5-7-10-26)33-15-13-27(19-35(33)45(38)23-29)39(46)42-52(48,49)31-11-8-12-31/h13-20,24-26,31H,5-12,21-23H2,1-4H3,(H,42,46)/t24-,25+. The number of allylic oxidation sites excluding steroid dienone is 1. The number of nitrogens with zero attached hydrogens (tertiary/aromatic N) is 4. The van der Waals surface area contributed by atoms with E-state index in [2.05, 4.69) is 26.5 Å². The molecule has 12 heteroatoms. The molecule has 2 aliphatic heterocycles. The molecule has 4 aromatic rings. The van der Waals surface area contributed by atoms with E-state index < -0.39 is 21.2 Å². The summed E-state index contributed by atoms with van der Waals surface area (Å²) in [6.07, 6.45) is 11.3. The summed E-state index contributed by atoms with van der Waals surface area (Å²) in [6.45, 7) is 5.36. The molecule has 0 spiro atoms. The Kier molecular flexibility index (Phi) is 9.02. The second-order valence-electron chi connectivity index (χ2n) is 15.1. The summed E-state index contributed by atoms with van der Waals surface area (Å²) in [7, 11) is -0.236. The summed E-state index contributed by atoms with van der Waals surface area (Å²) in [5, 5.41) is 5.15. The molecule has 4 aliphatic rings. The van der Waals surface area contributed by atoms with E-state index in [4.69, 9.17) is 9.47 Å². The second-order valence-corrected chi connectivity index (χ2v) is 17.0. The van der Waals surface area contributed by atoms with Crippen LogP contribution in [0.15, 0.2) is 42.6 Å². The largest absolute Gasteiger partial charge is 0.497 e. The molecule has 8 rings (SSSR count). The third-order valence-electron chi connectivity index (χ3n) is 11.5. The molecular weight excluding hydrogens is 679 g/mol. The fraction of sp³-hybridized carbons (Fsp3) is 0.475. The van der Waals surface area contributed by atoms with Crippen LogP contribution in [0.1, 0.15) is 109 Å². The fourth-order valence-corrected chi connectivity index (χ4v) is 10.3. The van der Waals surface area contributed by atoms with E-state index in [1.54, 1.807) is 24.1 Å². The van der Waals surface area contributed by atoms with E-state index in [1.165, 1.54) is 12.0 Å². The zero-order valence-electron chi connectivity index (χ0n) is 30.4. The Morgan fingerprint density at radius 1 is 0.942 bits per heavy atom. The van der Waals surface area contributed by atoms with Gasteiger partial charge in [-0.2, -0.15) is 5.10 Å². The monoisotopic (exact) mass is 725 g/mol. The van der Waals surface area contributed by atoms with Gasteiger partial charge in [0.05, 0.1) is 54.3 Å². The summed E-state index contributed by atoms with van der Waals surface area (Å²) in [4.78, 5) is 29.7. The van der Waals surface area contributed by atoms with Gasteiger partial charge in [-0.25, -0.2) is 13.1 Å². The zero-order valence-corrected chi connectivity index (χ0v) is 31.2. The summed E-state index contributed by atoms with van der Waals surface area (Å²) in [6, 6.07) is 11.7. The summed E-state index contributed by atoms with van der Waals surface area (Å²) in [5.41, 5.74) is 7.61. The minimum atomic E-state index is -3.76. The highest BCUT2D eigenvalue weighted by atomic mass is 32.2. The molecule has 2 aromatic carbocycles. The molecule has 1 saturated heterocycles. The summed E-state index contributed by atoms with van der Waals surface area (Å²) < 4.78 is 44.0. The lowest BCUT2D eigenvalue weighted by molar-refractivity contribution is -0.0586. The SMILES string of the molecule is COc1ccc2c(c1)C=C(c1c(C(=O)N3C[C@@H](C)O[C@@H](C)C3)cnn1C)Cn1c-2c(C2CCCCC2)c2ccc(C(=O)NS(=O)(=O)C3CCC3)cc21. The Balaban J connectivity index is 1.30. The van der Waals surface area contributed by atoms with Crippen LogP contribution in [-0.4, -0.2) is 77.1 Å². The topological polar surface area (TPSA) is 125 Å². The number of amides is 2. The van der Waals surface area contributed by atoms with Crippen molar-refractivity contribution in [1.29, 1.82) is 0 Å². The van der Waals surface area contributed by atoms with Gasteiger partial charge in [-0.1, -0.05) is 31.7 Å². The number of hydrogen-bond donors (Lipinski definition) is 1. The van der Waals surface area contributed by atoms with Crippen LogP contribution >= 0.6 is 0 Å². The third kappa shape index (κ3) is 6.13. The third-order valence-corrected chi connectivity index (χ3v) is 13.3. The first-order valence-electron chi connectivity index (χ1n) is 18.6. The van der Waals surface area contributed by atoms with Gasteiger partial charge < -0.3 is 18.9 Å². The van der Waals surface area contributed by atoms with E-state index in [1.807, 2.05) is 50.1 Å². The van der Waals surface area contributed by atoms with Gasteiger partial charge in [-0.15, -0.1) is 0 Å². The molecule has 2 saturated carbocycles. The molecule has 2 aliphatic carbocycles. The van der Waals surface area contributed by atoms with Crippen molar-refractivity contribution in [2.24, 2.45) is 7.05 Å². The number of rotatable bonds is 7. The van der Waals surface area contributed by atoms with E-state index in [-0.39, 0.29) is 18.1 Å². The van der Waals surface area contributed by atoms with Gasteiger partial charge in [0.25, 0.3) is 11.8 Å². The first-order valence-corrected chi connectivity index (χ1v) is 20.1. The van der Waals surface area contributed by atoms with Crippen molar-refractivity contribution in [3.05, 3.63) is 70.5 Å². The van der Waals surface area contributed by atoms with Gasteiger partial charge in [-0.3, -0.25) is 14.3 Å². The number of sulfonamides is 1. The minimum absolute atomic E-state index is 0.0774. The maximum atomic E-state index is 14.2. The lowest BCUT2D eigenvalue weighted by atomic mass is 9.81. The molecule has 2 atom stereocenters. The Labute approximate surface area is 305 Å². The van der Waals surface area contributed by atoms with Gasteiger partial charge in [-0.05, 0) is 98.6 Å². The molecule has 4 heterocycles. The average Bonchev–Trinajstić information content (AvgIpc) is 3.57. The Morgan fingerprint density at radius 2 is 1.69 bits per heavy atom. The molecule has 2 amide bonds. The normalized spacial score (nSPS) is 21.2. The molecule has 3 fully saturated rings. The van der Waals surface area contributed by atoms with Crippen LogP contribution in [0.25, 0.3) is 33.8 Å². The number of benzene rings is 2. The molecular formula is C40H47N5O6S. The van der Waals surface area contributed by atoms with Crippen molar-refractivity contribution >= 4 is 44.4 Å². The lowest BCUT2D eigenvalue weighted by Crippen LogP contribution is -2.48. The quantitative estimate of drug-likeness (QED) is 0.230. The van der Waals surface area contributed by atoms with Crippen molar-refractivity contribution in [2.75, 3.05) is 20.2 Å². The highest BCUT2D eigenvalue weighted by Gasteiger charge is 2.35. The molecule has 274 valence electrons. The van der Waals surface area contributed by atoms with Crippen LogP contribution in [0, 0.1) is 0 Å². The lowest BCUT2D eigenvalue weighted by Gasteiger charge is -2.35. The Bertz CT molecular complexity index is 2200.